The second-order valence-electron chi connectivity index (χ2n) is 6.77. The number of ether oxygens (including phenoxy) is 2. The third-order valence-corrected chi connectivity index (χ3v) is 6.65. The number of carbonyl (C=O) groups excluding carboxylic acids is 1. The molecule has 1 fully saturated rings. The first-order chi connectivity index (χ1) is 13.3. The topological polar surface area (TPSA) is 72.9 Å². The van der Waals surface area contributed by atoms with Crippen LogP contribution in [0.5, 0.6) is 0 Å². The molecule has 28 heavy (non-hydrogen) atoms. The van der Waals surface area contributed by atoms with Gasteiger partial charge in [0.1, 0.15) is 6.61 Å². The van der Waals surface area contributed by atoms with Gasteiger partial charge in [0.25, 0.3) is 0 Å². The van der Waals surface area contributed by atoms with Crippen LogP contribution >= 0.6 is 11.6 Å². The molecule has 2 aromatic rings. The zero-order valence-corrected chi connectivity index (χ0v) is 17.2. The standard InChI is InChI=1S/C20H22ClNO5S/c1-14-11-22(12-15(2)27-14)28(24,25)18-9-7-16(8-10-18)20(23)26-13-17-5-3-4-6-19(17)21/h3-10,14-15H,11-13H2,1-2H3. The van der Waals surface area contributed by atoms with E-state index in [0.29, 0.717) is 23.7 Å². The lowest BCUT2D eigenvalue weighted by Gasteiger charge is -2.34. The Bertz CT molecular complexity index is 935. The van der Waals surface area contributed by atoms with Crippen LogP contribution in [0.1, 0.15) is 29.8 Å². The summed E-state index contributed by atoms with van der Waals surface area (Å²) in [7, 11) is -3.65. The van der Waals surface area contributed by atoms with Crippen molar-refractivity contribution < 1.29 is 22.7 Å². The number of sulfonamides is 1. The minimum Gasteiger partial charge on any atom is -0.457 e. The summed E-state index contributed by atoms with van der Waals surface area (Å²) in [4.78, 5) is 12.4. The summed E-state index contributed by atoms with van der Waals surface area (Å²) in [5, 5.41) is 0.519. The summed E-state index contributed by atoms with van der Waals surface area (Å²) in [6, 6.07) is 12.8. The monoisotopic (exact) mass is 423 g/mol. The molecule has 3 rings (SSSR count). The number of halogens is 1. The number of carbonyl (C=O) groups is 1. The molecule has 0 spiro atoms. The molecule has 1 aliphatic rings. The van der Waals surface area contributed by atoms with Gasteiger partial charge in [0.15, 0.2) is 0 Å². The Balaban J connectivity index is 1.68. The van der Waals surface area contributed by atoms with Crippen molar-refractivity contribution in [3.05, 3.63) is 64.7 Å². The highest BCUT2D eigenvalue weighted by molar-refractivity contribution is 7.89. The Labute approximate surface area is 170 Å². The van der Waals surface area contributed by atoms with Gasteiger partial charge in [-0.15, -0.1) is 0 Å². The van der Waals surface area contributed by atoms with E-state index in [1.165, 1.54) is 28.6 Å². The van der Waals surface area contributed by atoms with E-state index in [0.717, 1.165) is 0 Å². The average molecular weight is 424 g/mol. The number of esters is 1. The van der Waals surface area contributed by atoms with Gasteiger partial charge < -0.3 is 9.47 Å². The largest absolute Gasteiger partial charge is 0.457 e. The van der Waals surface area contributed by atoms with Crippen molar-refractivity contribution in [3.63, 3.8) is 0 Å². The molecule has 2 aromatic carbocycles. The zero-order chi connectivity index (χ0) is 20.3. The van der Waals surface area contributed by atoms with Gasteiger partial charge in [0.05, 0.1) is 22.7 Å². The molecule has 0 aromatic heterocycles. The van der Waals surface area contributed by atoms with Gasteiger partial charge in [-0.3, -0.25) is 0 Å². The molecule has 0 aliphatic carbocycles. The predicted molar refractivity (Wildman–Crippen MR) is 106 cm³/mol. The van der Waals surface area contributed by atoms with E-state index >= 15 is 0 Å². The van der Waals surface area contributed by atoms with Gasteiger partial charge in [-0.1, -0.05) is 29.8 Å². The van der Waals surface area contributed by atoms with Crippen molar-refractivity contribution >= 4 is 27.6 Å². The lowest BCUT2D eigenvalue weighted by molar-refractivity contribution is -0.0440. The first-order valence-electron chi connectivity index (χ1n) is 8.93. The highest BCUT2D eigenvalue weighted by Crippen LogP contribution is 2.22. The third-order valence-electron chi connectivity index (χ3n) is 4.43. The van der Waals surface area contributed by atoms with E-state index in [-0.39, 0.29) is 29.3 Å². The van der Waals surface area contributed by atoms with Gasteiger partial charge in [0, 0.05) is 23.7 Å². The van der Waals surface area contributed by atoms with E-state index in [9.17, 15) is 13.2 Å². The first kappa shape index (κ1) is 20.8. The number of hydrogen-bond acceptors (Lipinski definition) is 5. The molecule has 0 amide bonds. The fourth-order valence-corrected chi connectivity index (χ4v) is 4.86. The highest BCUT2D eigenvalue weighted by Gasteiger charge is 2.32. The van der Waals surface area contributed by atoms with Crippen LogP contribution in [0.3, 0.4) is 0 Å². The quantitative estimate of drug-likeness (QED) is 0.688. The molecule has 0 saturated carbocycles. The van der Waals surface area contributed by atoms with Crippen LogP contribution in [0.25, 0.3) is 0 Å². The normalized spacial score (nSPS) is 20.7. The number of nitrogens with zero attached hydrogens (tertiary/aromatic N) is 1. The molecule has 0 bridgehead atoms. The molecule has 1 heterocycles. The second kappa shape index (κ2) is 8.61. The fraction of sp³-hybridized carbons (Fsp3) is 0.350. The summed E-state index contributed by atoms with van der Waals surface area (Å²) < 4.78 is 38.0. The summed E-state index contributed by atoms with van der Waals surface area (Å²) in [5.41, 5.74) is 0.974. The highest BCUT2D eigenvalue weighted by atomic mass is 35.5. The lowest BCUT2D eigenvalue weighted by atomic mass is 10.2. The molecule has 0 N–H and O–H groups in total. The Hall–Kier alpha value is -1.93. The molecule has 8 heteroatoms. The summed E-state index contributed by atoms with van der Waals surface area (Å²) in [5.74, 6) is -0.544. The molecule has 1 saturated heterocycles. The number of benzene rings is 2. The van der Waals surface area contributed by atoms with E-state index in [1.54, 1.807) is 18.2 Å². The smallest absolute Gasteiger partial charge is 0.338 e. The predicted octanol–water partition coefficient (Wildman–Crippen LogP) is 3.49. The van der Waals surface area contributed by atoms with Crippen molar-refractivity contribution in [2.45, 2.75) is 37.6 Å². The van der Waals surface area contributed by atoms with E-state index in [1.807, 2.05) is 19.9 Å². The molecule has 150 valence electrons. The average Bonchev–Trinajstić information content (AvgIpc) is 2.66. The third kappa shape index (κ3) is 4.72. The number of rotatable bonds is 5. The zero-order valence-electron chi connectivity index (χ0n) is 15.7. The second-order valence-corrected chi connectivity index (χ2v) is 9.12. The number of morpholine rings is 1. The SMILES string of the molecule is CC1CN(S(=O)(=O)c2ccc(C(=O)OCc3ccccc3Cl)cc2)CC(C)O1. The van der Waals surface area contributed by atoms with E-state index in [2.05, 4.69) is 0 Å². The van der Waals surface area contributed by atoms with E-state index < -0.39 is 16.0 Å². The summed E-state index contributed by atoms with van der Waals surface area (Å²) in [6.07, 6.45) is -0.338. The molecule has 1 aliphatic heterocycles. The molecular formula is C20H22ClNO5S. The van der Waals surface area contributed by atoms with Crippen LogP contribution < -0.4 is 0 Å². The maximum Gasteiger partial charge on any atom is 0.338 e. The van der Waals surface area contributed by atoms with Crippen molar-refractivity contribution in [2.75, 3.05) is 13.1 Å². The van der Waals surface area contributed by atoms with Gasteiger partial charge in [-0.2, -0.15) is 4.31 Å². The van der Waals surface area contributed by atoms with Crippen LogP contribution in [0, 0.1) is 0 Å². The fourth-order valence-electron chi connectivity index (χ4n) is 3.08. The maximum atomic E-state index is 12.8. The maximum absolute atomic E-state index is 12.8. The molecule has 0 radical (unpaired) electrons. The Morgan fingerprint density at radius 3 is 2.32 bits per heavy atom. The van der Waals surface area contributed by atoms with Crippen molar-refractivity contribution in [1.29, 1.82) is 0 Å². The van der Waals surface area contributed by atoms with Crippen LogP contribution in [-0.4, -0.2) is 44.0 Å². The minimum absolute atomic E-state index is 0.0438. The molecule has 6 nitrogen and oxygen atoms in total. The lowest BCUT2D eigenvalue weighted by Crippen LogP contribution is -2.48. The van der Waals surface area contributed by atoms with Gasteiger partial charge >= 0.3 is 5.97 Å². The first-order valence-corrected chi connectivity index (χ1v) is 10.8. The minimum atomic E-state index is -3.65. The molecule has 2 atom stereocenters. The Morgan fingerprint density at radius 2 is 1.71 bits per heavy atom. The Kier molecular flexibility index (Phi) is 6.40. The summed E-state index contributed by atoms with van der Waals surface area (Å²) in [6.45, 7) is 4.33. The molecule has 2 unspecified atom stereocenters. The summed E-state index contributed by atoms with van der Waals surface area (Å²) >= 11 is 6.05. The van der Waals surface area contributed by atoms with Crippen LogP contribution in [-0.2, 0) is 26.1 Å². The van der Waals surface area contributed by atoms with Crippen molar-refractivity contribution in [2.24, 2.45) is 0 Å². The van der Waals surface area contributed by atoms with Crippen LogP contribution in [0.15, 0.2) is 53.4 Å². The Morgan fingerprint density at radius 1 is 1.11 bits per heavy atom. The van der Waals surface area contributed by atoms with Gasteiger partial charge in [-0.05, 0) is 44.2 Å². The van der Waals surface area contributed by atoms with Crippen molar-refractivity contribution in [3.8, 4) is 0 Å². The van der Waals surface area contributed by atoms with Crippen LogP contribution in [0.2, 0.25) is 5.02 Å². The van der Waals surface area contributed by atoms with Gasteiger partial charge in [0.2, 0.25) is 10.0 Å². The van der Waals surface area contributed by atoms with E-state index in [4.69, 9.17) is 21.1 Å². The molecular weight excluding hydrogens is 402 g/mol. The van der Waals surface area contributed by atoms with Gasteiger partial charge in [-0.25, -0.2) is 13.2 Å². The van der Waals surface area contributed by atoms with Crippen LogP contribution in [0.4, 0.5) is 0 Å². The number of hydrogen-bond donors (Lipinski definition) is 0. The van der Waals surface area contributed by atoms with Crippen molar-refractivity contribution in [1.82, 2.24) is 4.31 Å².